The van der Waals surface area contributed by atoms with Crippen molar-refractivity contribution in [3.63, 3.8) is 0 Å². The molecule has 0 bridgehead atoms. The fourth-order valence-corrected chi connectivity index (χ4v) is 4.16. The summed E-state index contributed by atoms with van der Waals surface area (Å²) in [5, 5.41) is 11.8. The first-order valence-corrected chi connectivity index (χ1v) is 12.1. The Morgan fingerprint density at radius 2 is 1.86 bits per heavy atom. The summed E-state index contributed by atoms with van der Waals surface area (Å²) in [7, 11) is 1.58. The monoisotopic (exact) mass is 495 g/mol. The third kappa shape index (κ3) is 6.87. The molecule has 192 valence electrons. The predicted octanol–water partition coefficient (Wildman–Crippen LogP) is 5.22. The molecule has 2 aromatic carbocycles. The predicted molar refractivity (Wildman–Crippen MR) is 136 cm³/mol. The number of amides is 1. The van der Waals surface area contributed by atoms with E-state index in [1.165, 1.54) is 0 Å². The van der Waals surface area contributed by atoms with E-state index in [4.69, 9.17) is 19.3 Å². The zero-order valence-electron chi connectivity index (χ0n) is 21.0. The summed E-state index contributed by atoms with van der Waals surface area (Å²) in [5.74, 6) is -0.276. The fourth-order valence-electron chi connectivity index (χ4n) is 4.16. The Morgan fingerprint density at radius 1 is 1.11 bits per heavy atom. The van der Waals surface area contributed by atoms with E-state index in [2.05, 4.69) is 5.32 Å². The van der Waals surface area contributed by atoms with Crippen LogP contribution in [0.3, 0.4) is 0 Å². The first-order chi connectivity index (χ1) is 17.3. The van der Waals surface area contributed by atoms with Crippen molar-refractivity contribution < 1.29 is 33.7 Å². The number of cyclic esters (lactones) is 1. The molecule has 8 heteroatoms. The maximum Gasteiger partial charge on any atom is 0.342 e. The highest BCUT2D eigenvalue weighted by Gasteiger charge is 2.33. The number of hydrogen-bond acceptors (Lipinski definition) is 6. The molecule has 1 heterocycles. The van der Waals surface area contributed by atoms with Crippen LogP contribution in [0.4, 0.5) is 5.69 Å². The van der Waals surface area contributed by atoms with Crippen LogP contribution < -0.4 is 14.8 Å². The Balaban J connectivity index is 1.71. The molecule has 1 aliphatic rings. The Hall–Kier alpha value is -3.81. The number of carboxylic acid groups (broad SMARTS) is 1. The number of benzene rings is 2. The second-order valence-corrected chi connectivity index (χ2v) is 8.76. The van der Waals surface area contributed by atoms with Crippen molar-refractivity contribution in [1.82, 2.24) is 0 Å². The van der Waals surface area contributed by atoms with E-state index in [-0.39, 0.29) is 18.9 Å². The maximum atomic E-state index is 12.6. The number of aliphatic carboxylic acids is 1. The Bertz CT molecular complexity index is 1140. The summed E-state index contributed by atoms with van der Waals surface area (Å²) in [6.07, 6.45) is 4.44. The topological polar surface area (TPSA) is 111 Å². The van der Waals surface area contributed by atoms with Crippen LogP contribution in [0.15, 0.2) is 42.0 Å². The lowest BCUT2D eigenvalue weighted by Gasteiger charge is -2.19. The molecular weight excluding hydrogens is 462 g/mol. The zero-order valence-corrected chi connectivity index (χ0v) is 21.0. The van der Waals surface area contributed by atoms with Gasteiger partial charge in [-0.3, -0.25) is 9.59 Å². The van der Waals surface area contributed by atoms with E-state index in [0.717, 1.165) is 28.0 Å². The number of nitrogens with one attached hydrogen (secondary N) is 1. The van der Waals surface area contributed by atoms with Crippen LogP contribution >= 0.6 is 0 Å². The highest BCUT2D eigenvalue weighted by molar-refractivity contribution is 5.98. The summed E-state index contributed by atoms with van der Waals surface area (Å²) in [6, 6.07) is 9.29. The molecule has 0 atom stereocenters. The average Bonchev–Trinajstić information content (AvgIpc) is 3.24. The van der Waals surface area contributed by atoms with Gasteiger partial charge in [0.05, 0.1) is 13.7 Å². The quantitative estimate of drug-likeness (QED) is 0.223. The summed E-state index contributed by atoms with van der Waals surface area (Å²) in [5.41, 5.74) is 4.41. The molecule has 0 saturated carbocycles. The highest BCUT2D eigenvalue weighted by atomic mass is 16.5. The van der Waals surface area contributed by atoms with Gasteiger partial charge in [0.25, 0.3) is 0 Å². The maximum absolute atomic E-state index is 12.6. The van der Waals surface area contributed by atoms with E-state index in [1.807, 2.05) is 50.3 Å². The van der Waals surface area contributed by atoms with Crippen molar-refractivity contribution in [2.75, 3.05) is 19.0 Å². The van der Waals surface area contributed by atoms with Crippen molar-refractivity contribution in [2.24, 2.45) is 0 Å². The van der Waals surface area contributed by atoms with Gasteiger partial charge >= 0.3 is 11.9 Å². The minimum Gasteiger partial charge on any atom is -0.496 e. The number of esters is 1. The molecule has 8 nitrogen and oxygen atoms in total. The van der Waals surface area contributed by atoms with Crippen molar-refractivity contribution >= 4 is 23.5 Å². The van der Waals surface area contributed by atoms with Crippen molar-refractivity contribution in [2.45, 2.75) is 59.0 Å². The lowest BCUT2D eigenvalue weighted by Crippen LogP contribution is -2.12. The number of hydrogen-bond donors (Lipinski definition) is 2. The molecule has 36 heavy (non-hydrogen) atoms. The number of ether oxygens (including phenoxy) is 3. The number of methoxy groups -OCH3 is 1. The van der Waals surface area contributed by atoms with Gasteiger partial charge in [-0.15, -0.1) is 0 Å². The fraction of sp³-hybridized carbons (Fsp3) is 0.393. The molecule has 0 aromatic heterocycles. The Kier molecular flexibility index (Phi) is 9.50. The summed E-state index contributed by atoms with van der Waals surface area (Å²) >= 11 is 0. The molecule has 0 fully saturated rings. The first-order valence-electron chi connectivity index (χ1n) is 12.1. The molecule has 1 aliphatic heterocycles. The lowest BCUT2D eigenvalue weighted by molar-refractivity contribution is -0.137. The lowest BCUT2D eigenvalue weighted by atomic mass is 9.94. The van der Waals surface area contributed by atoms with E-state index in [0.29, 0.717) is 55.8 Å². The highest BCUT2D eigenvalue weighted by Crippen LogP contribution is 2.43. The number of anilines is 1. The summed E-state index contributed by atoms with van der Waals surface area (Å²) in [6.45, 7) is 4.25. The van der Waals surface area contributed by atoms with E-state index < -0.39 is 11.9 Å². The van der Waals surface area contributed by atoms with Crippen LogP contribution in [0.25, 0.3) is 0 Å². The molecule has 0 radical (unpaired) electrons. The Morgan fingerprint density at radius 3 is 2.56 bits per heavy atom. The van der Waals surface area contributed by atoms with Crippen LogP contribution in [0.1, 0.15) is 66.1 Å². The molecule has 0 spiro atoms. The van der Waals surface area contributed by atoms with Gasteiger partial charge in [0, 0.05) is 29.7 Å². The molecule has 1 amide bonds. The largest absolute Gasteiger partial charge is 0.496 e. The van der Waals surface area contributed by atoms with Crippen LogP contribution in [-0.4, -0.2) is 36.7 Å². The van der Waals surface area contributed by atoms with Crippen LogP contribution in [0.2, 0.25) is 0 Å². The first kappa shape index (κ1) is 26.8. The number of para-hydroxylation sites is 1. The smallest absolute Gasteiger partial charge is 0.342 e. The standard InChI is InChI=1S/C28H33NO7/c1-18(13-15-24(31)32)12-14-21-26(34-3)19(2)22-17-36-28(33)25(22)27(21)35-16-8-7-11-23(30)29-20-9-5-4-6-10-20/h4-6,9-10,12H,7-8,11,13-17H2,1-3H3,(H,29,30)(H,31,32). The van der Waals surface area contributed by atoms with E-state index in [9.17, 15) is 14.4 Å². The number of fused-ring (bicyclic) bond motifs is 1. The molecule has 2 N–H and O–H groups in total. The molecule has 3 rings (SSSR count). The number of carboxylic acids is 1. The van der Waals surface area contributed by atoms with Crippen molar-refractivity contribution in [1.29, 1.82) is 0 Å². The number of rotatable bonds is 13. The molecule has 0 unspecified atom stereocenters. The minimum atomic E-state index is -0.849. The second-order valence-electron chi connectivity index (χ2n) is 8.76. The summed E-state index contributed by atoms with van der Waals surface area (Å²) in [4.78, 5) is 35.7. The van der Waals surface area contributed by atoms with Gasteiger partial charge in [0.2, 0.25) is 5.91 Å². The van der Waals surface area contributed by atoms with Gasteiger partial charge in [-0.2, -0.15) is 0 Å². The summed E-state index contributed by atoms with van der Waals surface area (Å²) < 4.78 is 17.1. The normalized spacial score (nSPS) is 12.6. The zero-order chi connectivity index (χ0) is 26.1. The van der Waals surface area contributed by atoms with Gasteiger partial charge in [-0.1, -0.05) is 29.8 Å². The van der Waals surface area contributed by atoms with Crippen molar-refractivity contribution in [3.8, 4) is 11.5 Å². The van der Waals surface area contributed by atoms with Gasteiger partial charge in [-0.05, 0) is 57.2 Å². The number of carbonyl (C=O) groups is 3. The van der Waals surface area contributed by atoms with Crippen LogP contribution in [-0.2, 0) is 27.4 Å². The number of unbranched alkanes of at least 4 members (excludes halogenated alkanes) is 1. The molecule has 2 aromatic rings. The SMILES string of the molecule is COc1c(C)c2c(c(OCCCCC(=O)Nc3ccccc3)c1CC=C(C)CCC(=O)O)C(=O)OC2. The van der Waals surface area contributed by atoms with E-state index in [1.54, 1.807) is 7.11 Å². The number of carbonyl (C=O) groups excluding carboxylic acids is 2. The average molecular weight is 496 g/mol. The number of allylic oxidation sites excluding steroid dienone is 2. The van der Waals surface area contributed by atoms with Gasteiger partial charge in [0.15, 0.2) is 0 Å². The van der Waals surface area contributed by atoms with Crippen LogP contribution in [0.5, 0.6) is 11.5 Å². The third-order valence-electron chi connectivity index (χ3n) is 6.12. The van der Waals surface area contributed by atoms with E-state index >= 15 is 0 Å². The van der Waals surface area contributed by atoms with Crippen LogP contribution in [0, 0.1) is 6.92 Å². The molecule has 0 saturated heterocycles. The van der Waals surface area contributed by atoms with Gasteiger partial charge in [0.1, 0.15) is 23.7 Å². The molecule has 0 aliphatic carbocycles. The minimum absolute atomic E-state index is 0.0518. The third-order valence-corrected chi connectivity index (χ3v) is 6.12. The van der Waals surface area contributed by atoms with Gasteiger partial charge < -0.3 is 24.6 Å². The Labute approximate surface area is 211 Å². The van der Waals surface area contributed by atoms with Gasteiger partial charge in [-0.25, -0.2) is 4.79 Å². The second kappa shape index (κ2) is 12.8. The van der Waals surface area contributed by atoms with Crippen molar-refractivity contribution in [3.05, 3.63) is 64.2 Å². The molecular formula is C28H33NO7.